The number of likely N-dealkylation sites (N-methyl/N-ethyl adjacent to an activating group) is 2. The largest absolute Gasteiger partial charge is 0.490 e. The van der Waals surface area contributed by atoms with Crippen LogP contribution in [0.15, 0.2) is 126 Å². The highest BCUT2D eigenvalue weighted by molar-refractivity contribution is 9.10. The molecule has 2 aromatic heterocycles. The summed E-state index contributed by atoms with van der Waals surface area (Å²) in [5, 5.41) is 20.3. The van der Waals surface area contributed by atoms with Crippen molar-refractivity contribution in [3.8, 4) is 34.1 Å². The van der Waals surface area contributed by atoms with Crippen molar-refractivity contribution >= 4 is 28.5 Å². The van der Waals surface area contributed by atoms with E-state index >= 15 is 0 Å². The van der Waals surface area contributed by atoms with Gasteiger partial charge in [0.15, 0.2) is 11.6 Å². The Labute approximate surface area is 366 Å². The zero-order valence-corrected chi connectivity index (χ0v) is 36.0. The van der Waals surface area contributed by atoms with Gasteiger partial charge < -0.3 is 38.7 Å². The zero-order chi connectivity index (χ0) is 44.9. The van der Waals surface area contributed by atoms with Crippen LogP contribution in [0.5, 0.6) is 23.0 Å². The Bertz CT molecular complexity index is 2260. The standard InChI is InChI=1S/C22H22F2N2O3.C16H17BrF2N2O3.C6H7BO2/c1-26(27-2)10-11-28-18-13-21(24)22(25-14-18)15-29-17-8-9-20(23)19(12-17)16-6-4-3-5-7-16;1-21(22-2)5-6-23-12-8-15(19)16(20-9-12)10-24-11-3-4-14(18)13(17)7-11;8-7(9)6-4-2-1-3-5-6/h3-9,12-14H,10-11,15H2,1-2H3;3-4,7-9H,5-6,10H2,1-2H3;1-5,8-9H. The SMILES string of the molecule is CON(C)CCOc1cnc(COc2ccc(F)c(-c3ccccc3)c2)c(F)c1.CON(C)CCOc1cnc(COc2ccc(F)c(Br)c2)c(F)c1.OB(O)c1ccccc1. The smallest absolute Gasteiger partial charge is 0.488 e. The van der Waals surface area contributed by atoms with E-state index in [0.29, 0.717) is 60.3 Å². The van der Waals surface area contributed by atoms with Crippen molar-refractivity contribution < 1.29 is 56.2 Å². The highest BCUT2D eigenvalue weighted by Gasteiger charge is 2.12. The van der Waals surface area contributed by atoms with Crippen molar-refractivity contribution in [3.05, 3.63) is 161 Å². The summed E-state index contributed by atoms with van der Waals surface area (Å²) < 4.78 is 77.8. The minimum absolute atomic E-state index is 0.0728. The van der Waals surface area contributed by atoms with Crippen LogP contribution < -0.4 is 24.4 Å². The van der Waals surface area contributed by atoms with Crippen molar-refractivity contribution in [1.29, 1.82) is 0 Å². The summed E-state index contributed by atoms with van der Waals surface area (Å²) in [4.78, 5) is 18.0. The summed E-state index contributed by atoms with van der Waals surface area (Å²) in [6.45, 7) is 1.57. The molecule has 2 N–H and O–H groups in total. The molecule has 0 aliphatic heterocycles. The third-order valence-corrected chi connectivity index (χ3v) is 9.13. The number of rotatable bonds is 18. The summed E-state index contributed by atoms with van der Waals surface area (Å²) in [5.74, 6) is -0.335. The topological polar surface area (TPSA) is 128 Å². The minimum Gasteiger partial charge on any atom is -0.490 e. The van der Waals surface area contributed by atoms with Crippen LogP contribution in [0.1, 0.15) is 11.4 Å². The summed E-state index contributed by atoms with van der Waals surface area (Å²) in [6, 6.07) is 28.9. The monoisotopic (exact) mass is 924 g/mol. The molecule has 0 unspecified atom stereocenters. The first kappa shape index (κ1) is 49.1. The minimum atomic E-state index is -1.34. The Hall–Kier alpha value is -5.60. The maximum absolute atomic E-state index is 14.3. The normalized spacial score (nSPS) is 10.7. The predicted molar refractivity (Wildman–Crippen MR) is 230 cm³/mol. The van der Waals surface area contributed by atoms with Crippen LogP contribution in [0.4, 0.5) is 17.6 Å². The molecule has 6 rings (SSSR count). The fraction of sp³-hybridized carbons (Fsp3) is 0.227. The van der Waals surface area contributed by atoms with Crippen molar-refractivity contribution in [3.63, 3.8) is 0 Å². The molecule has 6 aromatic rings. The zero-order valence-electron chi connectivity index (χ0n) is 34.4. The molecule has 2 heterocycles. The second-order valence-corrected chi connectivity index (χ2v) is 13.8. The number of hydrogen-bond donors (Lipinski definition) is 2. The molecule has 0 aliphatic rings. The van der Waals surface area contributed by atoms with Crippen LogP contribution in [0.25, 0.3) is 11.1 Å². The number of pyridine rings is 2. The van der Waals surface area contributed by atoms with E-state index in [1.807, 2.05) is 36.4 Å². The number of nitrogens with zero attached hydrogens (tertiary/aromatic N) is 4. The highest BCUT2D eigenvalue weighted by Crippen LogP contribution is 2.28. The van der Waals surface area contributed by atoms with Gasteiger partial charge in [-0.3, -0.25) is 9.97 Å². The average molecular weight is 926 g/mol. The molecule has 0 bridgehead atoms. The van der Waals surface area contributed by atoms with Crippen LogP contribution in [0.2, 0.25) is 0 Å². The maximum atomic E-state index is 14.3. The van der Waals surface area contributed by atoms with Crippen molar-refractivity contribution in [1.82, 2.24) is 20.1 Å². The number of halogens is 5. The molecule has 0 atom stereocenters. The number of hydrogen-bond acceptors (Lipinski definition) is 12. The summed E-state index contributed by atoms with van der Waals surface area (Å²) >= 11 is 3.06. The van der Waals surface area contributed by atoms with Crippen LogP contribution in [-0.4, -0.2) is 91.9 Å². The van der Waals surface area contributed by atoms with E-state index in [9.17, 15) is 17.6 Å². The Kier molecular flexibility index (Phi) is 20.6. The van der Waals surface area contributed by atoms with Gasteiger partial charge in [0.25, 0.3) is 0 Å². The van der Waals surface area contributed by atoms with Crippen molar-refractivity contribution in [2.45, 2.75) is 13.2 Å². The number of ether oxygens (including phenoxy) is 4. The first-order valence-electron chi connectivity index (χ1n) is 18.9. The second-order valence-electron chi connectivity index (χ2n) is 12.9. The molecule has 62 heavy (non-hydrogen) atoms. The van der Waals surface area contributed by atoms with E-state index in [4.69, 9.17) is 38.7 Å². The molecule has 0 radical (unpaired) electrons. The van der Waals surface area contributed by atoms with Gasteiger partial charge in [-0.25, -0.2) is 17.6 Å². The van der Waals surface area contributed by atoms with E-state index in [1.165, 1.54) is 54.9 Å². The molecule has 0 aliphatic carbocycles. The third-order valence-electron chi connectivity index (χ3n) is 8.52. The van der Waals surface area contributed by atoms with Crippen LogP contribution in [-0.2, 0) is 22.9 Å². The average Bonchev–Trinajstić information content (AvgIpc) is 3.28. The van der Waals surface area contributed by atoms with Gasteiger partial charge in [0.2, 0.25) is 0 Å². The molecular weight excluding hydrogens is 879 g/mol. The summed E-state index contributed by atoms with van der Waals surface area (Å²) in [7, 11) is 5.29. The lowest BCUT2D eigenvalue weighted by Crippen LogP contribution is -2.29. The first-order chi connectivity index (χ1) is 29.9. The molecule has 0 fully saturated rings. The van der Waals surface area contributed by atoms with Gasteiger partial charge >= 0.3 is 7.12 Å². The van der Waals surface area contributed by atoms with E-state index < -0.39 is 24.6 Å². The quantitative estimate of drug-likeness (QED) is 0.0506. The Balaban J connectivity index is 0.000000230. The van der Waals surface area contributed by atoms with Gasteiger partial charge in [0.1, 0.15) is 72.4 Å². The lowest BCUT2D eigenvalue weighted by atomic mass is 9.81. The molecule has 0 saturated heterocycles. The lowest BCUT2D eigenvalue weighted by molar-refractivity contribution is -0.113. The maximum Gasteiger partial charge on any atom is 0.488 e. The number of hydroxylamine groups is 4. The van der Waals surface area contributed by atoms with E-state index in [1.54, 1.807) is 68.8 Å². The highest BCUT2D eigenvalue weighted by atomic mass is 79.9. The molecule has 18 heteroatoms. The van der Waals surface area contributed by atoms with Gasteiger partial charge in [0, 0.05) is 31.8 Å². The van der Waals surface area contributed by atoms with Gasteiger partial charge in [-0.05, 0) is 63.4 Å². The van der Waals surface area contributed by atoms with Gasteiger partial charge in [-0.2, -0.15) is 10.1 Å². The van der Waals surface area contributed by atoms with E-state index in [0.717, 1.165) is 5.56 Å². The molecule has 328 valence electrons. The van der Waals surface area contributed by atoms with Crippen molar-refractivity contribution in [2.24, 2.45) is 0 Å². The Morgan fingerprint density at radius 1 is 0.565 bits per heavy atom. The molecule has 4 aromatic carbocycles. The molecular formula is C44H46BBrF4N4O8. The summed E-state index contributed by atoms with van der Waals surface area (Å²) in [5.41, 5.74) is 1.95. The van der Waals surface area contributed by atoms with E-state index in [2.05, 4.69) is 25.9 Å². The van der Waals surface area contributed by atoms with Crippen molar-refractivity contribution in [2.75, 3.05) is 54.6 Å². The predicted octanol–water partition coefficient (Wildman–Crippen LogP) is 7.42. The summed E-state index contributed by atoms with van der Waals surface area (Å²) in [6.07, 6.45) is 2.86. The lowest BCUT2D eigenvalue weighted by Gasteiger charge is -2.14. The number of benzene rings is 4. The Morgan fingerprint density at radius 2 is 1.03 bits per heavy atom. The van der Waals surface area contributed by atoms with Gasteiger partial charge in [-0.1, -0.05) is 60.7 Å². The van der Waals surface area contributed by atoms with Gasteiger partial charge in [0.05, 0.1) is 44.2 Å². The van der Waals surface area contributed by atoms with Gasteiger partial charge in [-0.15, -0.1) is 0 Å². The molecule has 0 spiro atoms. The number of aromatic nitrogens is 2. The van der Waals surface area contributed by atoms with Crippen LogP contribution in [0, 0.1) is 23.3 Å². The Morgan fingerprint density at radius 3 is 1.47 bits per heavy atom. The second kappa shape index (κ2) is 26.0. The fourth-order valence-corrected chi connectivity index (χ4v) is 5.32. The third kappa shape index (κ3) is 16.7. The molecule has 12 nitrogen and oxygen atoms in total. The first-order valence-corrected chi connectivity index (χ1v) is 19.7. The molecule has 0 amide bonds. The van der Waals surface area contributed by atoms with Crippen LogP contribution in [0.3, 0.4) is 0 Å². The fourth-order valence-electron chi connectivity index (χ4n) is 4.96. The van der Waals surface area contributed by atoms with E-state index in [-0.39, 0.29) is 34.9 Å². The molecule has 0 saturated carbocycles. The van der Waals surface area contributed by atoms with Crippen LogP contribution >= 0.6 is 15.9 Å².